The Bertz CT molecular complexity index is 1230. The van der Waals surface area contributed by atoms with Gasteiger partial charge in [0.25, 0.3) is 5.91 Å². The number of carbonyl (C=O) groups excluding carboxylic acids is 1. The molecule has 0 bridgehead atoms. The number of rotatable bonds is 7. The fourth-order valence-corrected chi connectivity index (χ4v) is 3.85. The Hall–Kier alpha value is -3.85. The number of ether oxygens (including phenoxy) is 1. The summed E-state index contributed by atoms with van der Waals surface area (Å²) in [6.45, 7) is 9.23. The molecule has 9 nitrogen and oxygen atoms in total. The van der Waals surface area contributed by atoms with Crippen LogP contribution in [0.2, 0.25) is 5.02 Å². The molecule has 1 aromatic carbocycles. The number of carbonyl (C=O) groups is 1. The van der Waals surface area contributed by atoms with Crippen LogP contribution >= 0.6 is 0 Å². The smallest absolute Gasteiger partial charge is 0.271 e. The second kappa shape index (κ2) is 11.5. The number of benzene rings is 1. The van der Waals surface area contributed by atoms with Crippen LogP contribution in [0.1, 0.15) is 41.5 Å². The predicted octanol–water partition coefficient (Wildman–Crippen LogP) is 2.62. The minimum absolute atomic E-state index is 0.209. The molecular weight excluding hydrogens is 466 g/mol. The van der Waals surface area contributed by atoms with Crippen molar-refractivity contribution < 1.29 is 21.1 Å². The number of aliphatic imine (C=N–C) groups is 2. The number of hydrogen-bond acceptors (Lipinski definition) is 6. The maximum Gasteiger partial charge on any atom is 0.271 e. The van der Waals surface area contributed by atoms with Gasteiger partial charge >= 0.3 is 0 Å². The Kier molecular flexibility index (Phi) is 9.02. The molecular formula is C25H33ClN7O2+. The van der Waals surface area contributed by atoms with Crippen LogP contribution in [0.5, 0.6) is 5.75 Å². The quantitative estimate of drug-likeness (QED) is 0.304. The molecule has 0 saturated carbocycles. The molecule has 2 rings (SSSR count). The second-order valence-corrected chi connectivity index (χ2v) is 8.56. The van der Waals surface area contributed by atoms with Crippen molar-refractivity contribution in [2.45, 2.75) is 26.8 Å². The number of methoxy groups -OCH3 is 1. The number of hydrogen-bond donors (Lipinski definition) is 3. The van der Waals surface area contributed by atoms with Crippen LogP contribution in [0.25, 0.3) is 11.1 Å². The summed E-state index contributed by atoms with van der Waals surface area (Å²) in [6, 6.07) is 4.91. The maximum atomic E-state index is 12.5. The average Bonchev–Trinajstić information content (AvgIpc) is 2.79. The van der Waals surface area contributed by atoms with Gasteiger partial charge in [-0.25, -0.2) is 4.99 Å². The summed E-state index contributed by atoms with van der Waals surface area (Å²) < 4.78 is 5.86. The molecule has 0 aliphatic heterocycles. The van der Waals surface area contributed by atoms with E-state index in [1.165, 1.54) is 4.90 Å². The highest BCUT2D eigenvalue weighted by atomic mass is 35.5. The fraction of sp³-hybridized carbons (Fsp3) is 0.280. The molecule has 2 aromatic rings. The third-order valence-electron chi connectivity index (χ3n) is 5.30. The number of nitrogens with two attached hydrogens (primary N) is 3. The van der Waals surface area contributed by atoms with Gasteiger partial charge in [-0.3, -0.25) is 14.8 Å². The van der Waals surface area contributed by atoms with Crippen molar-refractivity contribution in [2.75, 3.05) is 21.2 Å². The normalized spacial score (nSPS) is 13.4. The molecule has 1 amide bonds. The Morgan fingerprint density at radius 1 is 1.31 bits per heavy atom. The van der Waals surface area contributed by atoms with Gasteiger partial charge in [0, 0.05) is 54.4 Å². The first-order valence-electron chi connectivity index (χ1n) is 10.7. The third-order valence-corrected chi connectivity index (χ3v) is 5.72. The van der Waals surface area contributed by atoms with Gasteiger partial charge in [-0.15, -0.1) is 0 Å². The zero-order chi connectivity index (χ0) is 26.4. The van der Waals surface area contributed by atoms with Crippen molar-refractivity contribution in [3.63, 3.8) is 0 Å². The summed E-state index contributed by atoms with van der Waals surface area (Å²) in [6.07, 6.45) is 2.71. The standard InChI is InChI=1S/C25H33ClN7O2/c1-13-19(26)11-18(16(4)32-24(31-12-27)22(14(2)28)15(3)29)23(35-7)21(13)17-8-9-30-20(10-17)25(34)33(5)6/h8-12,16,26H,2,28-29H2,1,3-7H3,(H2,27,31,32)/q+1. The SMILES string of the molecule is C=C(N)C(C(N=CN)=NC(C)c1cc([ClH+])c(C)c(-c2ccnc(C(=O)N(C)C)c2)c1OC)=C(C)N. The molecule has 0 radical (unpaired) electrons. The number of nitrogens with zero attached hydrogens (tertiary/aromatic N) is 4. The molecule has 1 aromatic heterocycles. The molecule has 0 aliphatic carbocycles. The molecule has 186 valence electrons. The van der Waals surface area contributed by atoms with Gasteiger partial charge in [0.05, 0.1) is 25.1 Å². The lowest BCUT2D eigenvalue weighted by Gasteiger charge is -2.19. The van der Waals surface area contributed by atoms with Gasteiger partial charge in [-0.2, -0.15) is 0 Å². The lowest BCUT2D eigenvalue weighted by atomic mass is 9.94. The Morgan fingerprint density at radius 3 is 2.49 bits per heavy atom. The molecule has 0 fully saturated rings. The van der Waals surface area contributed by atoms with Gasteiger partial charge in [0.15, 0.2) is 17.4 Å². The van der Waals surface area contributed by atoms with Gasteiger partial charge < -0.3 is 26.8 Å². The molecule has 6 N–H and O–H groups in total. The van der Waals surface area contributed by atoms with Gasteiger partial charge in [0.1, 0.15) is 11.4 Å². The first-order valence-corrected chi connectivity index (χ1v) is 11.1. The van der Waals surface area contributed by atoms with Gasteiger partial charge in [-0.05, 0) is 38.5 Å². The predicted molar refractivity (Wildman–Crippen MR) is 138 cm³/mol. The van der Waals surface area contributed by atoms with Crippen LogP contribution in [-0.4, -0.2) is 49.2 Å². The Morgan fingerprint density at radius 2 is 1.97 bits per heavy atom. The monoisotopic (exact) mass is 498 g/mol. The van der Waals surface area contributed by atoms with E-state index in [1.54, 1.807) is 40.4 Å². The van der Waals surface area contributed by atoms with E-state index in [0.29, 0.717) is 27.7 Å². The number of halogens is 1. The summed E-state index contributed by atoms with van der Waals surface area (Å²) in [5.74, 6) is 0.601. The zero-order valence-electron chi connectivity index (χ0n) is 20.9. The van der Waals surface area contributed by atoms with Crippen molar-refractivity contribution in [1.82, 2.24) is 9.88 Å². The molecule has 1 unspecified atom stereocenters. The first kappa shape index (κ1) is 27.4. The van der Waals surface area contributed by atoms with E-state index in [4.69, 9.17) is 38.5 Å². The Labute approximate surface area is 211 Å². The first-order chi connectivity index (χ1) is 16.4. The van der Waals surface area contributed by atoms with E-state index in [0.717, 1.165) is 28.6 Å². The van der Waals surface area contributed by atoms with Gasteiger partial charge in [0.2, 0.25) is 5.02 Å². The molecule has 1 atom stereocenters. The highest BCUT2D eigenvalue weighted by Gasteiger charge is 2.25. The molecule has 0 aliphatic rings. The van der Waals surface area contributed by atoms with Crippen molar-refractivity contribution in [3.05, 3.63) is 69.8 Å². The van der Waals surface area contributed by atoms with E-state index >= 15 is 0 Å². The number of allylic oxidation sites excluding steroid dienone is 1. The van der Waals surface area contributed by atoms with Crippen LogP contribution in [0.15, 0.2) is 57.9 Å². The fourth-order valence-electron chi connectivity index (χ4n) is 3.62. The molecule has 35 heavy (non-hydrogen) atoms. The van der Waals surface area contributed by atoms with E-state index in [-0.39, 0.29) is 17.4 Å². The van der Waals surface area contributed by atoms with Crippen LogP contribution < -0.4 is 21.9 Å². The van der Waals surface area contributed by atoms with Crippen LogP contribution in [-0.2, 0) is 0 Å². The summed E-state index contributed by atoms with van der Waals surface area (Å²) in [7, 11) is 4.92. The average molecular weight is 499 g/mol. The molecule has 0 spiro atoms. The number of amides is 1. The lowest BCUT2D eigenvalue weighted by molar-refractivity contribution is -0.289. The topological polar surface area (TPSA) is 145 Å². The van der Waals surface area contributed by atoms with Crippen LogP contribution in [0, 0.1) is 18.5 Å². The highest BCUT2D eigenvalue weighted by Crippen LogP contribution is 2.42. The van der Waals surface area contributed by atoms with E-state index < -0.39 is 6.04 Å². The number of pyridine rings is 1. The van der Waals surface area contributed by atoms with Crippen molar-refractivity contribution in [1.29, 1.82) is 0 Å². The zero-order valence-corrected chi connectivity index (χ0v) is 21.7. The summed E-state index contributed by atoms with van der Waals surface area (Å²) in [5.41, 5.74) is 21.9. The number of aromatic nitrogens is 1. The summed E-state index contributed by atoms with van der Waals surface area (Å²) in [4.78, 5) is 27.1. The minimum atomic E-state index is -0.469. The molecule has 0 saturated heterocycles. The van der Waals surface area contributed by atoms with Gasteiger partial charge in [-0.1, -0.05) is 6.58 Å². The van der Waals surface area contributed by atoms with Crippen LogP contribution in [0.4, 0.5) is 0 Å². The van der Waals surface area contributed by atoms with Crippen molar-refractivity contribution in [2.24, 2.45) is 27.2 Å². The van der Waals surface area contributed by atoms with Crippen molar-refractivity contribution in [3.8, 4) is 16.9 Å². The van der Waals surface area contributed by atoms with E-state index in [1.807, 2.05) is 26.0 Å². The van der Waals surface area contributed by atoms with Crippen LogP contribution in [0.3, 0.4) is 0 Å². The van der Waals surface area contributed by atoms with E-state index in [2.05, 4.69) is 16.6 Å². The maximum absolute atomic E-state index is 12.5. The molecule has 1 heterocycles. The summed E-state index contributed by atoms with van der Waals surface area (Å²) in [5, 5.41) is 0.619. The largest absolute Gasteiger partial charge is 0.496 e. The Balaban J connectivity index is 2.79. The number of amidine groups is 1. The summed E-state index contributed by atoms with van der Waals surface area (Å²) >= 11 is 5.67. The van der Waals surface area contributed by atoms with Crippen molar-refractivity contribution >= 4 is 18.1 Å². The van der Waals surface area contributed by atoms with E-state index in [9.17, 15) is 4.79 Å². The second-order valence-electron chi connectivity index (χ2n) is 8.12. The highest BCUT2D eigenvalue weighted by molar-refractivity contribution is 6.06. The minimum Gasteiger partial charge on any atom is -0.496 e. The lowest BCUT2D eigenvalue weighted by Crippen LogP contribution is -2.22. The molecule has 10 heteroatoms. The third kappa shape index (κ3) is 5.99.